The van der Waals surface area contributed by atoms with E-state index in [0.29, 0.717) is 18.5 Å². The van der Waals surface area contributed by atoms with E-state index in [0.717, 1.165) is 5.56 Å². The van der Waals surface area contributed by atoms with Crippen molar-refractivity contribution in [3.05, 3.63) is 47.0 Å². The Balaban J connectivity index is 1.82. The molecule has 22 heavy (non-hydrogen) atoms. The summed E-state index contributed by atoms with van der Waals surface area (Å²) >= 11 is 0. The largest absolute Gasteiger partial charge is 0.278 e. The van der Waals surface area contributed by atoms with Crippen molar-refractivity contribution in [3.8, 4) is 6.07 Å². The minimum absolute atomic E-state index is 0.0568. The van der Waals surface area contributed by atoms with Gasteiger partial charge in [-0.3, -0.25) is 14.5 Å². The van der Waals surface area contributed by atoms with Crippen molar-refractivity contribution in [2.45, 2.75) is 26.8 Å². The summed E-state index contributed by atoms with van der Waals surface area (Å²) in [5.41, 5.74) is 2.64. The van der Waals surface area contributed by atoms with Gasteiger partial charge in [-0.05, 0) is 37.0 Å². The molecule has 3 atom stereocenters. The number of benzene rings is 1. The Hall–Kier alpha value is -2.41. The zero-order valence-electron chi connectivity index (χ0n) is 12.7. The summed E-state index contributed by atoms with van der Waals surface area (Å²) in [5, 5.41) is 8.82. The molecule has 2 amide bonds. The van der Waals surface area contributed by atoms with Crippen LogP contribution in [0.2, 0.25) is 0 Å². The number of hydrogen-bond acceptors (Lipinski definition) is 3. The number of fused-ring (bicyclic) bond motifs is 1. The number of allylic oxidation sites excluding steroid dienone is 2. The smallest absolute Gasteiger partial charge is 0.234 e. The molecule has 0 aromatic heterocycles. The van der Waals surface area contributed by atoms with E-state index < -0.39 is 0 Å². The molecule has 1 saturated heterocycles. The van der Waals surface area contributed by atoms with Gasteiger partial charge in [0.2, 0.25) is 11.8 Å². The van der Waals surface area contributed by atoms with E-state index in [1.807, 2.05) is 13.8 Å². The summed E-state index contributed by atoms with van der Waals surface area (Å²) < 4.78 is 0. The average molecular weight is 294 g/mol. The molecule has 1 aromatic carbocycles. The van der Waals surface area contributed by atoms with Crippen molar-refractivity contribution in [2.75, 3.05) is 0 Å². The molecule has 1 heterocycles. The first kappa shape index (κ1) is 14.5. The average Bonchev–Trinajstić information content (AvgIpc) is 2.73. The third kappa shape index (κ3) is 2.33. The van der Waals surface area contributed by atoms with Gasteiger partial charge in [-0.25, -0.2) is 0 Å². The van der Waals surface area contributed by atoms with Crippen LogP contribution in [-0.2, 0) is 16.1 Å². The van der Waals surface area contributed by atoms with Gasteiger partial charge in [-0.2, -0.15) is 5.26 Å². The predicted molar refractivity (Wildman–Crippen MR) is 81.2 cm³/mol. The summed E-state index contributed by atoms with van der Waals surface area (Å²) in [7, 11) is 0. The molecule has 3 rings (SSSR count). The normalized spacial score (nSPS) is 27.4. The van der Waals surface area contributed by atoms with Crippen molar-refractivity contribution in [2.24, 2.45) is 17.8 Å². The van der Waals surface area contributed by atoms with Crippen molar-refractivity contribution in [1.82, 2.24) is 4.90 Å². The van der Waals surface area contributed by atoms with Crippen LogP contribution in [0.3, 0.4) is 0 Å². The third-order valence-electron chi connectivity index (χ3n) is 4.65. The second-order valence-electron chi connectivity index (χ2n) is 6.28. The maximum absolute atomic E-state index is 12.6. The number of carbonyl (C=O) groups excluding carboxylic acids is 2. The van der Waals surface area contributed by atoms with Crippen LogP contribution in [0.15, 0.2) is 35.9 Å². The van der Waals surface area contributed by atoms with E-state index in [1.165, 1.54) is 10.5 Å². The summed E-state index contributed by atoms with van der Waals surface area (Å²) in [6, 6.07) is 9.08. The Kier molecular flexibility index (Phi) is 3.58. The van der Waals surface area contributed by atoms with Gasteiger partial charge in [0.05, 0.1) is 30.0 Å². The van der Waals surface area contributed by atoms with Crippen LogP contribution in [0.4, 0.5) is 0 Å². The minimum atomic E-state index is -0.213. The minimum Gasteiger partial charge on any atom is -0.278 e. The summed E-state index contributed by atoms with van der Waals surface area (Å²) in [6.45, 7) is 4.33. The topological polar surface area (TPSA) is 61.2 Å². The molecule has 0 spiro atoms. The first-order chi connectivity index (χ1) is 10.5. The van der Waals surface area contributed by atoms with Gasteiger partial charge in [0.15, 0.2) is 0 Å². The maximum atomic E-state index is 12.6. The molecular formula is C18H18N2O2. The number of nitrogens with zero attached hydrogens (tertiary/aromatic N) is 2. The van der Waals surface area contributed by atoms with Crippen LogP contribution in [0.5, 0.6) is 0 Å². The number of imide groups is 1. The number of rotatable bonds is 2. The van der Waals surface area contributed by atoms with Gasteiger partial charge in [0, 0.05) is 0 Å². The molecule has 0 unspecified atom stereocenters. The van der Waals surface area contributed by atoms with E-state index >= 15 is 0 Å². The monoisotopic (exact) mass is 294 g/mol. The summed E-state index contributed by atoms with van der Waals surface area (Å²) in [4.78, 5) is 26.6. The van der Waals surface area contributed by atoms with Crippen molar-refractivity contribution in [1.29, 1.82) is 5.26 Å². The van der Waals surface area contributed by atoms with Crippen LogP contribution in [0.1, 0.15) is 31.4 Å². The Morgan fingerprint density at radius 1 is 1.23 bits per heavy atom. The lowest BCUT2D eigenvalue weighted by atomic mass is 9.76. The molecule has 0 radical (unpaired) electrons. The standard InChI is InChI=1S/C18H18N2O2/c1-11-7-12(2)16-15(8-11)17(21)20(18(16)22)10-14-5-3-13(9-19)4-6-14/h3-7,12,15-16H,8,10H2,1-2H3/t12-,15-,16-/m1/s1. The molecule has 4 heteroatoms. The first-order valence-electron chi connectivity index (χ1n) is 7.53. The lowest BCUT2D eigenvalue weighted by Crippen LogP contribution is -2.31. The second kappa shape index (κ2) is 5.42. The fourth-order valence-electron chi connectivity index (χ4n) is 3.61. The lowest BCUT2D eigenvalue weighted by molar-refractivity contribution is -0.140. The molecule has 2 aliphatic rings. The molecular weight excluding hydrogens is 276 g/mol. The van der Waals surface area contributed by atoms with Crippen LogP contribution in [0.25, 0.3) is 0 Å². The Morgan fingerprint density at radius 3 is 2.55 bits per heavy atom. The fraction of sp³-hybridized carbons (Fsp3) is 0.389. The zero-order valence-corrected chi connectivity index (χ0v) is 12.7. The highest BCUT2D eigenvalue weighted by molar-refractivity contribution is 6.05. The Morgan fingerprint density at radius 2 is 1.91 bits per heavy atom. The van der Waals surface area contributed by atoms with E-state index in [9.17, 15) is 9.59 Å². The Labute approximate surface area is 130 Å². The maximum Gasteiger partial charge on any atom is 0.234 e. The van der Waals surface area contributed by atoms with Crippen LogP contribution < -0.4 is 0 Å². The second-order valence-corrected chi connectivity index (χ2v) is 6.28. The third-order valence-corrected chi connectivity index (χ3v) is 4.65. The SMILES string of the molecule is CC1=C[C@@H](C)[C@H]2C(=O)N(Cc3ccc(C#N)cc3)C(=O)[C@@H]2C1. The molecule has 1 aliphatic heterocycles. The van der Waals surface area contributed by atoms with Gasteiger partial charge >= 0.3 is 0 Å². The van der Waals surface area contributed by atoms with E-state index in [-0.39, 0.29) is 29.6 Å². The summed E-state index contributed by atoms with van der Waals surface area (Å²) in [5.74, 6) is -0.420. The van der Waals surface area contributed by atoms with E-state index in [2.05, 4.69) is 12.1 Å². The number of likely N-dealkylation sites (tertiary alicyclic amines) is 1. The molecule has 0 saturated carbocycles. The first-order valence-corrected chi connectivity index (χ1v) is 7.53. The highest BCUT2D eigenvalue weighted by Gasteiger charge is 2.50. The fourth-order valence-corrected chi connectivity index (χ4v) is 3.61. The quantitative estimate of drug-likeness (QED) is 0.622. The van der Waals surface area contributed by atoms with Gasteiger partial charge in [0.25, 0.3) is 0 Å². The highest BCUT2D eigenvalue weighted by atomic mass is 16.2. The lowest BCUT2D eigenvalue weighted by Gasteiger charge is -2.25. The van der Waals surface area contributed by atoms with Gasteiger partial charge < -0.3 is 0 Å². The predicted octanol–water partition coefficient (Wildman–Crippen LogP) is 2.65. The Bertz CT molecular complexity index is 697. The number of nitriles is 1. The number of carbonyl (C=O) groups is 2. The molecule has 0 N–H and O–H groups in total. The molecule has 1 fully saturated rings. The van der Waals surface area contributed by atoms with E-state index in [4.69, 9.17) is 5.26 Å². The van der Waals surface area contributed by atoms with Gasteiger partial charge in [-0.1, -0.05) is 30.7 Å². The molecule has 1 aliphatic carbocycles. The van der Waals surface area contributed by atoms with Crippen LogP contribution in [-0.4, -0.2) is 16.7 Å². The van der Waals surface area contributed by atoms with Crippen molar-refractivity contribution < 1.29 is 9.59 Å². The molecule has 0 bridgehead atoms. The van der Waals surface area contributed by atoms with Crippen molar-refractivity contribution >= 4 is 11.8 Å². The van der Waals surface area contributed by atoms with Gasteiger partial charge in [0.1, 0.15) is 0 Å². The van der Waals surface area contributed by atoms with Gasteiger partial charge in [-0.15, -0.1) is 0 Å². The zero-order chi connectivity index (χ0) is 15.9. The molecule has 4 nitrogen and oxygen atoms in total. The van der Waals surface area contributed by atoms with Crippen LogP contribution >= 0.6 is 0 Å². The highest BCUT2D eigenvalue weighted by Crippen LogP contribution is 2.41. The summed E-state index contributed by atoms with van der Waals surface area (Å²) in [6.07, 6.45) is 2.79. The van der Waals surface area contributed by atoms with Crippen molar-refractivity contribution in [3.63, 3.8) is 0 Å². The molecule has 112 valence electrons. The molecule has 1 aromatic rings. The van der Waals surface area contributed by atoms with Crippen LogP contribution in [0, 0.1) is 29.1 Å². The number of hydrogen-bond donors (Lipinski definition) is 0. The van der Waals surface area contributed by atoms with E-state index in [1.54, 1.807) is 24.3 Å². The number of amides is 2.